The van der Waals surface area contributed by atoms with Crippen molar-refractivity contribution in [2.45, 2.75) is 6.18 Å². The van der Waals surface area contributed by atoms with Crippen molar-refractivity contribution in [3.8, 4) is 0 Å². The van der Waals surface area contributed by atoms with Gasteiger partial charge in [0.25, 0.3) is 0 Å². The summed E-state index contributed by atoms with van der Waals surface area (Å²) < 4.78 is 38.6. The average Bonchev–Trinajstić information content (AvgIpc) is 3.02. The minimum atomic E-state index is -4.40. The van der Waals surface area contributed by atoms with Crippen molar-refractivity contribution >= 4 is 57.2 Å². The molecular weight excluding hydrogens is 403 g/mol. The fraction of sp³-hybridized carbons (Fsp3) is 0.176. The summed E-state index contributed by atoms with van der Waals surface area (Å²) in [5.41, 5.74) is 0.242. The van der Waals surface area contributed by atoms with Gasteiger partial charge in [-0.15, -0.1) is 0 Å². The SMILES string of the molecule is FC(F)(F)c1cccc(/N=C2/SCCN2C(=S)Nc2cccc(Cl)c2)c1. The predicted octanol–water partition coefficient (Wildman–Crippen LogP) is 5.79. The molecule has 1 saturated heterocycles. The molecule has 1 heterocycles. The highest BCUT2D eigenvalue weighted by molar-refractivity contribution is 8.14. The van der Waals surface area contributed by atoms with Crippen LogP contribution in [0.5, 0.6) is 0 Å². The third-order valence-electron chi connectivity index (χ3n) is 3.50. The molecule has 3 rings (SSSR count). The molecule has 1 aliphatic heterocycles. The Morgan fingerprint density at radius 1 is 1.19 bits per heavy atom. The van der Waals surface area contributed by atoms with Gasteiger partial charge in [-0.1, -0.05) is 35.5 Å². The first kappa shape index (κ1) is 19.0. The third kappa shape index (κ3) is 4.69. The van der Waals surface area contributed by atoms with Gasteiger partial charge in [0.1, 0.15) is 0 Å². The van der Waals surface area contributed by atoms with E-state index >= 15 is 0 Å². The highest BCUT2D eigenvalue weighted by atomic mass is 35.5. The van der Waals surface area contributed by atoms with Crippen molar-refractivity contribution in [3.05, 3.63) is 59.1 Å². The maximum Gasteiger partial charge on any atom is 0.416 e. The largest absolute Gasteiger partial charge is 0.416 e. The molecule has 1 aliphatic rings. The van der Waals surface area contributed by atoms with Crippen molar-refractivity contribution in [3.63, 3.8) is 0 Å². The fourth-order valence-corrected chi connectivity index (χ4v) is 3.81. The molecule has 2 aromatic rings. The van der Waals surface area contributed by atoms with E-state index in [1.165, 1.54) is 23.9 Å². The Hall–Kier alpha value is -1.77. The van der Waals surface area contributed by atoms with Gasteiger partial charge in [0, 0.05) is 23.0 Å². The Bertz CT molecular complexity index is 855. The zero-order valence-corrected chi connectivity index (χ0v) is 15.6. The lowest BCUT2D eigenvalue weighted by Gasteiger charge is -2.20. The molecule has 0 bridgehead atoms. The molecule has 2 aromatic carbocycles. The molecule has 0 aromatic heterocycles. The summed E-state index contributed by atoms with van der Waals surface area (Å²) in [4.78, 5) is 6.11. The van der Waals surface area contributed by atoms with Crippen molar-refractivity contribution < 1.29 is 13.2 Å². The summed E-state index contributed by atoms with van der Waals surface area (Å²) in [6, 6.07) is 12.0. The lowest BCUT2D eigenvalue weighted by atomic mass is 10.2. The molecule has 0 radical (unpaired) electrons. The van der Waals surface area contributed by atoms with Crippen LogP contribution < -0.4 is 5.32 Å². The van der Waals surface area contributed by atoms with E-state index in [2.05, 4.69) is 10.3 Å². The molecule has 0 atom stereocenters. The normalized spacial score (nSPS) is 16.2. The number of aliphatic imine (C=N–C) groups is 1. The Balaban J connectivity index is 1.79. The summed E-state index contributed by atoms with van der Waals surface area (Å²) >= 11 is 12.8. The Morgan fingerprint density at radius 2 is 1.96 bits per heavy atom. The quantitative estimate of drug-likeness (QED) is 0.628. The third-order valence-corrected chi connectivity index (χ3v) is 5.01. The number of nitrogens with one attached hydrogen (secondary N) is 1. The number of amidine groups is 1. The van der Waals surface area contributed by atoms with Crippen LogP contribution in [0.1, 0.15) is 5.56 Å². The van der Waals surface area contributed by atoms with Gasteiger partial charge < -0.3 is 5.32 Å². The van der Waals surface area contributed by atoms with E-state index in [0.29, 0.717) is 21.8 Å². The summed E-state index contributed by atoms with van der Waals surface area (Å²) in [6.07, 6.45) is -4.40. The molecule has 0 aliphatic carbocycles. The van der Waals surface area contributed by atoms with Gasteiger partial charge in [-0.3, -0.25) is 4.90 Å². The summed E-state index contributed by atoms with van der Waals surface area (Å²) in [5, 5.41) is 4.63. The van der Waals surface area contributed by atoms with Crippen molar-refractivity contribution in [2.75, 3.05) is 17.6 Å². The number of thiocarbonyl (C=S) groups is 1. The summed E-state index contributed by atoms with van der Waals surface area (Å²) in [6.45, 7) is 0.620. The predicted molar refractivity (Wildman–Crippen MR) is 105 cm³/mol. The van der Waals surface area contributed by atoms with Crippen LogP contribution in [0.3, 0.4) is 0 Å². The first-order valence-electron chi connectivity index (χ1n) is 7.56. The zero-order valence-electron chi connectivity index (χ0n) is 13.3. The summed E-state index contributed by atoms with van der Waals surface area (Å²) in [7, 11) is 0. The molecule has 0 saturated carbocycles. The van der Waals surface area contributed by atoms with Gasteiger partial charge in [-0.05, 0) is 48.6 Å². The number of thioether (sulfide) groups is 1. The number of nitrogens with zero attached hydrogens (tertiary/aromatic N) is 2. The minimum Gasteiger partial charge on any atom is -0.332 e. The molecular formula is C17H13ClF3N3S2. The van der Waals surface area contributed by atoms with Crippen molar-refractivity contribution in [2.24, 2.45) is 4.99 Å². The Labute approximate surface area is 163 Å². The molecule has 0 spiro atoms. The Morgan fingerprint density at radius 3 is 2.69 bits per heavy atom. The van der Waals surface area contributed by atoms with E-state index in [1.54, 1.807) is 23.1 Å². The van der Waals surface area contributed by atoms with Crippen LogP contribution in [0.25, 0.3) is 0 Å². The molecule has 9 heteroatoms. The number of anilines is 1. The van der Waals surface area contributed by atoms with Crippen LogP contribution in [-0.2, 0) is 6.18 Å². The van der Waals surface area contributed by atoms with Gasteiger partial charge in [0.2, 0.25) is 0 Å². The van der Waals surface area contributed by atoms with Crippen molar-refractivity contribution in [1.82, 2.24) is 4.90 Å². The van der Waals surface area contributed by atoms with Gasteiger partial charge in [0.05, 0.1) is 11.3 Å². The zero-order chi connectivity index (χ0) is 18.7. The van der Waals surface area contributed by atoms with E-state index in [4.69, 9.17) is 23.8 Å². The number of halogens is 4. The van der Waals surface area contributed by atoms with Gasteiger partial charge in [0.15, 0.2) is 10.3 Å². The molecule has 136 valence electrons. The van der Waals surface area contributed by atoms with Crippen LogP contribution in [0, 0.1) is 0 Å². The van der Waals surface area contributed by atoms with Crippen LogP contribution in [0.2, 0.25) is 5.02 Å². The van der Waals surface area contributed by atoms with Crippen LogP contribution in [0.4, 0.5) is 24.5 Å². The number of alkyl halides is 3. The molecule has 1 fully saturated rings. The topological polar surface area (TPSA) is 27.6 Å². The highest BCUT2D eigenvalue weighted by Gasteiger charge is 2.30. The molecule has 3 nitrogen and oxygen atoms in total. The van der Waals surface area contributed by atoms with E-state index in [9.17, 15) is 13.2 Å². The van der Waals surface area contributed by atoms with E-state index in [0.717, 1.165) is 23.6 Å². The number of benzene rings is 2. The molecule has 0 unspecified atom stereocenters. The minimum absolute atomic E-state index is 0.236. The Kier molecular flexibility index (Phi) is 5.74. The van der Waals surface area contributed by atoms with Crippen LogP contribution in [-0.4, -0.2) is 27.5 Å². The molecule has 1 N–H and O–H groups in total. The first-order chi connectivity index (χ1) is 12.3. The lowest BCUT2D eigenvalue weighted by Crippen LogP contribution is -2.35. The van der Waals surface area contributed by atoms with Gasteiger partial charge in [-0.25, -0.2) is 4.99 Å². The second kappa shape index (κ2) is 7.85. The van der Waals surface area contributed by atoms with E-state index in [-0.39, 0.29) is 5.69 Å². The van der Waals surface area contributed by atoms with E-state index in [1.807, 2.05) is 6.07 Å². The molecule has 26 heavy (non-hydrogen) atoms. The van der Waals surface area contributed by atoms with Gasteiger partial charge >= 0.3 is 6.18 Å². The summed E-state index contributed by atoms with van der Waals surface area (Å²) in [5.74, 6) is 0.745. The van der Waals surface area contributed by atoms with Gasteiger partial charge in [-0.2, -0.15) is 13.2 Å². The smallest absolute Gasteiger partial charge is 0.332 e. The highest BCUT2D eigenvalue weighted by Crippen LogP contribution is 2.32. The standard InChI is InChI=1S/C17H13ClF3N3S2/c18-12-4-2-6-14(10-12)22-15(25)24-7-8-26-16(24)23-13-5-1-3-11(9-13)17(19,20)21/h1-6,9-10H,7-8H2,(H,22,25)/b23-16+. The number of rotatable bonds is 2. The monoisotopic (exact) mass is 415 g/mol. The second-order valence-electron chi connectivity index (χ2n) is 5.38. The number of hydrogen-bond acceptors (Lipinski definition) is 3. The van der Waals surface area contributed by atoms with Crippen LogP contribution >= 0.6 is 35.6 Å². The van der Waals surface area contributed by atoms with Crippen LogP contribution in [0.15, 0.2) is 53.5 Å². The number of hydrogen-bond donors (Lipinski definition) is 1. The van der Waals surface area contributed by atoms with E-state index < -0.39 is 11.7 Å². The fourth-order valence-electron chi connectivity index (χ4n) is 2.30. The maximum absolute atomic E-state index is 12.9. The maximum atomic E-state index is 12.9. The second-order valence-corrected chi connectivity index (χ2v) is 7.27. The first-order valence-corrected chi connectivity index (χ1v) is 9.33. The lowest BCUT2D eigenvalue weighted by molar-refractivity contribution is -0.137. The molecule has 0 amide bonds. The average molecular weight is 416 g/mol. The van der Waals surface area contributed by atoms with Crippen molar-refractivity contribution in [1.29, 1.82) is 0 Å².